The second kappa shape index (κ2) is 9.87. The van der Waals surface area contributed by atoms with E-state index < -0.39 is 0 Å². The normalized spacial score (nSPS) is 34.0. The number of hydrogen-bond acceptors (Lipinski definition) is 1. The summed E-state index contributed by atoms with van der Waals surface area (Å²) in [5.41, 5.74) is 0. The van der Waals surface area contributed by atoms with E-state index in [2.05, 4.69) is 13.8 Å². The van der Waals surface area contributed by atoms with E-state index in [4.69, 9.17) is 4.74 Å². The lowest BCUT2D eigenvalue weighted by Gasteiger charge is -2.38. The van der Waals surface area contributed by atoms with Crippen molar-refractivity contribution in [2.45, 2.75) is 90.9 Å². The van der Waals surface area contributed by atoms with Gasteiger partial charge < -0.3 is 4.74 Å². The highest BCUT2D eigenvalue weighted by atomic mass is 16.5. The second-order valence-electron chi connectivity index (χ2n) is 7.72. The van der Waals surface area contributed by atoms with Crippen LogP contribution in [0.4, 0.5) is 0 Å². The van der Waals surface area contributed by atoms with Crippen molar-refractivity contribution in [2.24, 2.45) is 23.7 Å². The van der Waals surface area contributed by atoms with E-state index in [1.165, 1.54) is 77.0 Å². The van der Waals surface area contributed by atoms with Crippen molar-refractivity contribution in [3.05, 3.63) is 0 Å². The molecule has 1 heteroatoms. The van der Waals surface area contributed by atoms with Crippen molar-refractivity contribution in [3.63, 3.8) is 0 Å². The van der Waals surface area contributed by atoms with Crippen LogP contribution in [0.3, 0.4) is 0 Å². The van der Waals surface area contributed by atoms with Crippen LogP contribution < -0.4 is 0 Å². The maximum absolute atomic E-state index is 5.61. The van der Waals surface area contributed by atoms with Crippen LogP contribution >= 0.6 is 0 Å². The lowest BCUT2D eigenvalue weighted by atomic mass is 9.69. The van der Waals surface area contributed by atoms with E-state index in [0.717, 1.165) is 36.9 Å². The van der Waals surface area contributed by atoms with Gasteiger partial charge in [0, 0.05) is 13.2 Å². The van der Waals surface area contributed by atoms with Gasteiger partial charge in [0.2, 0.25) is 0 Å². The molecule has 0 bridgehead atoms. The molecule has 2 saturated carbocycles. The minimum absolute atomic E-state index is 0.867. The van der Waals surface area contributed by atoms with E-state index in [1.807, 2.05) is 0 Å². The van der Waals surface area contributed by atoms with Gasteiger partial charge in [0.25, 0.3) is 0 Å². The Morgan fingerprint density at radius 3 is 1.81 bits per heavy atom. The molecule has 0 saturated heterocycles. The van der Waals surface area contributed by atoms with Gasteiger partial charge in [0.1, 0.15) is 0 Å². The first kappa shape index (κ1) is 17.3. The van der Waals surface area contributed by atoms with E-state index in [9.17, 15) is 0 Å². The number of unbranched alkanes of at least 4 members (excludes halogenated alkanes) is 2. The average Bonchev–Trinajstić information content (AvgIpc) is 2.54. The summed E-state index contributed by atoms with van der Waals surface area (Å²) in [7, 11) is 0. The molecule has 2 aliphatic carbocycles. The summed E-state index contributed by atoms with van der Waals surface area (Å²) in [6.45, 7) is 6.35. The Kier molecular flexibility index (Phi) is 8.14. The van der Waals surface area contributed by atoms with Gasteiger partial charge in [-0.15, -0.1) is 0 Å². The van der Waals surface area contributed by atoms with Gasteiger partial charge in [-0.1, -0.05) is 45.4 Å². The predicted octanol–water partition coefficient (Wildman–Crippen LogP) is 6.22. The fourth-order valence-electron chi connectivity index (χ4n) is 4.74. The molecule has 2 rings (SSSR count). The molecule has 0 unspecified atom stereocenters. The van der Waals surface area contributed by atoms with E-state index in [0.29, 0.717) is 0 Å². The van der Waals surface area contributed by atoms with E-state index in [1.54, 1.807) is 0 Å². The first-order valence-electron chi connectivity index (χ1n) is 9.91. The fourth-order valence-corrected chi connectivity index (χ4v) is 4.74. The molecule has 0 aliphatic heterocycles. The number of hydrogen-bond donors (Lipinski definition) is 0. The van der Waals surface area contributed by atoms with E-state index in [-0.39, 0.29) is 0 Å². The van der Waals surface area contributed by atoms with Crippen LogP contribution in [0.25, 0.3) is 0 Å². The molecule has 21 heavy (non-hydrogen) atoms. The summed E-state index contributed by atoms with van der Waals surface area (Å²) in [5.74, 6) is 4.06. The molecule has 124 valence electrons. The van der Waals surface area contributed by atoms with Gasteiger partial charge in [0.15, 0.2) is 0 Å². The standard InChI is InChI=1S/C20H38O/c1-3-5-6-7-17-8-12-19(13-9-17)20-14-10-18(11-15-20)16-21-4-2/h17-20H,3-16H2,1-2H3/t17-,18-,19-,20-. The Balaban J connectivity index is 1.60. The van der Waals surface area contributed by atoms with Crippen LogP contribution in [0.15, 0.2) is 0 Å². The van der Waals surface area contributed by atoms with Crippen molar-refractivity contribution in [3.8, 4) is 0 Å². The zero-order valence-electron chi connectivity index (χ0n) is 14.6. The summed E-state index contributed by atoms with van der Waals surface area (Å²) in [6.07, 6.45) is 17.8. The largest absolute Gasteiger partial charge is 0.381 e. The van der Waals surface area contributed by atoms with Crippen molar-refractivity contribution in [1.29, 1.82) is 0 Å². The van der Waals surface area contributed by atoms with Gasteiger partial charge in [-0.25, -0.2) is 0 Å². The Morgan fingerprint density at radius 1 is 0.714 bits per heavy atom. The quantitative estimate of drug-likeness (QED) is 0.483. The molecule has 0 atom stereocenters. The lowest BCUT2D eigenvalue weighted by molar-refractivity contribution is 0.0710. The summed E-state index contributed by atoms with van der Waals surface area (Å²) < 4.78 is 5.61. The smallest absolute Gasteiger partial charge is 0.0494 e. The third kappa shape index (κ3) is 5.93. The Morgan fingerprint density at radius 2 is 1.29 bits per heavy atom. The Labute approximate surface area is 133 Å². The fraction of sp³-hybridized carbons (Fsp3) is 1.00. The zero-order chi connectivity index (χ0) is 14.9. The molecule has 0 aromatic heterocycles. The molecule has 1 nitrogen and oxygen atoms in total. The van der Waals surface area contributed by atoms with Crippen molar-refractivity contribution < 1.29 is 4.74 Å². The van der Waals surface area contributed by atoms with Gasteiger partial charge >= 0.3 is 0 Å². The van der Waals surface area contributed by atoms with Crippen LogP contribution in [0.2, 0.25) is 0 Å². The van der Waals surface area contributed by atoms with Crippen LogP contribution in [0.1, 0.15) is 90.9 Å². The molecule has 0 spiro atoms. The second-order valence-corrected chi connectivity index (χ2v) is 7.72. The molecule has 0 radical (unpaired) electrons. The topological polar surface area (TPSA) is 9.23 Å². The Hall–Kier alpha value is -0.0400. The molecule has 2 aliphatic rings. The molecular weight excluding hydrogens is 256 g/mol. The van der Waals surface area contributed by atoms with Gasteiger partial charge in [-0.3, -0.25) is 0 Å². The van der Waals surface area contributed by atoms with Crippen LogP contribution in [0.5, 0.6) is 0 Å². The third-order valence-electron chi connectivity index (χ3n) is 6.22. The monoisotopic (exact) mass is 294 g/mol. The van der Waals surface area contributed by atoms with Gasteiger partial charge in [0.05, 0.1) is 0 Å². The van der Waals surface area contributed by atoms with Crippen LogP contribution in [0, 0.1) is 23.7 Å². The summed E-state index contributed by atoms with van der Waals surface area (Å²) in [5, 5.41) is 0. The minimum Gasteiger partial charge on any atom is -0.381 e. The average molecular weight is 295 g/mol. The lowest BCUT2D eigenvalue weighted by Crippen LogP contribution is -2.27. The first-order valence-corrected chi connectivity index (χ1v) is 9.91. The zero-order valence-corrected chi connectivity index (χ0v) is 14.6. The highest BCUT2D eigenvalue weighted by Gasteiger charge is 2.30. The molecule has 0 aromatic rings. The van der Waals surface area contributed by atoms with Gasteiger partial charge in [-0.2, -0.15) is 0 Å². The molecule has 0 heterocycles. The molecule has 0 N–H and O–H groups in total. The molecular formula is C20H38O. The predicted molar refractivity (Wildman–Crippen MR) is 91.5 cm³/mol. The Bertz CT molecular complexity index is 247. The highest BCUT2D eigenvalue weighted by molar-refractivity contribution is 4.82. The SMILES string of the molecule is CCCCC[C@H]1CC[C@H]([C@H]2CC[C@H](COCC)CC2)CC1. The van der Waals surface area contributed by atoms with E-state index >= 15 is 0 Å². The third-order valence-corrected chi connectivity index (χ3v) is 6.22. The summed E-state index contributed by atoms with van der Waals surface area (Å²) in [4.78, 5) is 0. The van der Waals surface area contributed by atoms with Gasteiger partial charge in [-0.05, 0) is 69.1 Å². The summed E-state index contributed by atoms with van der Waals surface area (Å²) in [6, 6.07) is 0. The minimum atomic E-state index is 0.867. The summed E-state index contributed by atoms with van der Waals surface area (Å²) >= 11 is 0. The molecule has 2 fully saturated rings. The highest BCUT2D eigenvalue weighted by Crippen LogP contribution is 2.42. The number of ether oxygens (including phenoxy) is 1. The van der Waals surface area contributed by atoms with Crippen molar-refractivity contribution in [2.75, 3.05) is 13.2 Å². The maximum atomic E-state index is 5.61. The molecule has 0 amide bonds. The first-order chi connectivity index (χ1) is 10.3. The van der Waals surface area contributed by atoms with Crippen molar-refractivity contribution in [1.82, 2.24) is 0 Å². The van der Waals surface area contributed by atoms with Crippen molar-refractivity contribution >= 4 is 0 Å². The number of rotatable bonds is 8. The maximum Gasteiger partial charge on any atom is 0.0494 e. The van der Waals surface area contributed by atoms with Crippen LogP contribution in [-0.4, -0.2) is 13.2 Å². The molecule has 0 aromatic carbocycles. The van der Waals surface area contributed by atoms with Crippen LogP contribution in [-0.2, 0) is 4.74 Å².